The largest absolute Gasteiger partial charge is 0.340 e. The Morgan fingerprint density at radius 3 is 2.68 bits per heavy atom. The molecule has 3 aromatic carbocycles. The molecule has 5 heteroatoms. The predicted molar refractivity (Wildman–Crippen MR) is 122 cm³/mol. The highest BCUT2D eigenvalue weighted by atomic mass is 19.1. The van der Waals surface area contributed by atoms with Gasteiger partial charge in [-0.1, -0.05) is 48.5 Å². The maximum absolute atomic E-state index is 13.6. The summed E-state index contributed by atoms with van der Waals surface area (Å²) in [6.45, 7) is 2.81. The lowest BCUT2D eigenvalue weighted by molar-refractivity contribution is 0.629. The molecule has 0 spiro atoms. The van der Waals surface area contributed by atoms with Gasteiger partial charge in [0.1, 0.15) is 17.7 Å². The number of hydrogen-bond acceptors (Lipinski definition) is 2. The first-order valence-electron chi connectivity index (χ1n) is 10.0. The minimum absolute atomic E-state index is 0.343. The Morgan fingerprint density at radius 1 is 1.10 bits per heavy atom. The molecule has 2 aromatic heterocycles. The summed E-state index contributed by atoms with van der Waals surface area (Å²) in [7, 11) is 0. The number of benzene rings is 3. The number of hydrogen-bond donors (Lipinski definition) is 1. The number of para-hydroxylation sites is 1. The van der Waals surface area contributed by atoms with Crippen LogP contribution in [0.15, 0.2) is 72.8 Å². The van der Waals surface area contributed by atoms with E-state index in [4.69, 9.17) is 0 Å². The summed E-state index contributed by atoms with van der Waals surface area (Å²) in [6, 6.07) is 25.1. The van der Waals surface area contributed by atoms with E-state index in [0.29, 0.717) is 22.4 Å². The van der Waals surface area contributed by atoms with Crippen LogP contribution in [-0.4, -0.2) is 14.5 Å². The number of halogens is 1. The molecule has 0 saturated carbocycles. The Morgan fingerprint density at radius 2 is 1.87 bits per heavy atom. The van der Waals surface area contributed by atoms with E-state index in [1.807, 2.05) is 36.4 Å². The highest BCUT2D eigenvalue weighted by Gasteiger charge is 2.15. The summed E-state index contributed by atoms with van der Waals surface area (Å²) >= 11 is 0. The van der Waals surface area contributed by atoms with Gasteiger partial charge in [0, 0.05) is 28.7 Å². The highest BCUT2D eigenvalue weighted by Crippen LogP contribution is 2.30. The van der Waals surface area contributed by atoms with Crippen LogP contribution in [0.4, 0.5) is 4.39 Å². The first-order chi connectivity index (χ1) is 15.1. The number of aromatic amines is 1. The number of rotatable bonds is 4. The van der Waals surface area contributed by atoms with Crippen LogP contribution in [0.3, 0.4) is 0 Å². The average molecular weight is 406 g/mol. The van der Waals surface area contributed by atoms with Crippen molar-refractivity contribution in [1.29, 1.82) is 5.26 Å². The van der Waals surface area contributed by atoms with Crippen LogP contribution in [0.25, 0.3) is 33.6 Å². The fraction of sp³-hybridized carbons (Fsp3) is 0.0769. The molecule has 0 radical (unpaired) electrons. The third-order valence-electron chi connectivity index (χ3n) is 5.57. The number of fused-ring (bicyclic) bond motifs is 2. The van der Waals surface area contributed by atoms with Crippen molar-refractivity contribution in [3.05, 3.63) is 101 Å². The smallest absolute Gasteiger partial charge is 0.149 e. The van der Waals surface area contributed by atoms with Crippen molar-refractivity contribution in [3.63, 3.8) is 0 Å². The summed E-state index contributed by atoms with van der Waals surface area (Å²) in [5.74, 6) is 0.0902. The molecule has 4 nitrogen and oxygen atoms in total. The van der Waals surface area contributed by atoms with Crippen LogP contribution in [-0.2, 0) is 6.54 Å². The molecule has 5 aromatic rings. The van der Waals surface area contributed by atoms with Gasteiger partial charge in [-0.2, -0.15) is 5.26 Å². The molecule has 0 saturated heterocycles. The monoisotopic (exact) mass is 406 g/mol. The average Bonchev–Trinajstić information content (AvgIpc) is 3.32. The fourth-order valence-corrected chi connectivity index (χ4v) is 4.02. The van der Waals surface area contributed by atoms with Crippen molar-refractivity contribution in [1.82, 2.24) is 14.5 Å². The number of nitrogens with zero attached hydrogens (tertiary/aromatic N) is 3. The van der Waals surface area contributed by atoms with Crippen molar-refractivity contribution in [2.75, 3.05) is 0 Å². The molecule has 150 valence electrons. The van der Waals surface area contributed by atoms with Gasteiger partial charge in [0.2, 0.25) is 0 Å². The number of nitrogens with one attached hydrogen (secondary N) is 1. The molecule has 31 heavy (non-hydrogen) atoms. The second kappa shape index (κ2) is 7.58. The van der Waals surface area contributed by atoms with Crippen LogP contribution < -0.4 is 0 Å². The standard InChI is InChI=1S/C26H19FN4/c1-17-22(13-19(15-28)26-29-23-12-11-20(27)14-24(23)30-26)21-9-5-6-10-25(21)31(17)16-18-7-3-2-4-8-18/h2-14H,16H2,1H3,(H,29,30)/b19-13-. The van der Waals surface area contributed by atoms with Crippen LogP contribution in [0.2, 0.25) is 0 Å². The molecular formula is C26H19FN4. The second-order valence-electron chi connectivity index (χ2n) is 7.50. The molecule has 0 aliphatic heterocycles. The van der Waals surface area contributed by atoms with E-state index in [9.17, 15) is 9.65 Å². The summed E-state index contributed by atoms with van der Waals surface area (Å²) in [6.07, 6.45) is 1.87. The minimum Gasteiger partial charge on any atom is -0.340 e. The number of H-pyrrole nitrogens is 1. The topological polar surface area (TPSA) is 57.4 Å². The summed E-state index contributed by atoms with van der Waals surface area (Å²) in [5, 5.41) is 10.9. The van der Waals surface area contributed by atoms with E-state index in [2.05, 4.69) is 51.8 Å². The predicted octanol–water partition coefficient (Wildman–Crippen LogP) is 6.08. The zero-order valence-corrected chi connectivity index (χ0v) is 16.9. The van der Waals surface area contributed by atoms with Gasteiger partial charge in [-0.05, 0) is 42.8 Å². The Hall–Kier alpha value is -4.17. The number of aromatic nitrogens is 3. The van der Waals surface area contributed by atoms with Gasteiger partial charge in [0.15, 0.2) is 0 Å². The van der Waals surface area contributed by atoms with E-state index < -0.39 is 0 Å². The molecular weight excluding hydrogens is 387 g/mol. The zero-order chi connectivity index (χ0) is 21.4. The summed E-state index contributed by atoms with van der Waals surface area (Å²) in [4.78, 5) is 7.56. The third-order valence-corrected chi connectivity index (χ3v) is 5.57. The van der Waals surface area contributed by atoms with Crippen molar-refractivity contribution in [3.8, 4) is 6.07 Å². The number of imidazole rings is 1. The highest BCUT2D eigenvalue weighted by molar-refractivity contribution is 5.99. The minimum atomic E-state index is -0.343. The van der Waals surface area contributed by atoms with Crippen LogP contribution >= 0.6 is 0 Å². The third kappa shape index (κ3) is 3.38. The molecule has 0 bridgehead atoms. The molecule has 0 unspecified atom stereocenters. The maximum Gasteiger partial charge on any atom is 0.149 e. The van der Waals surface area contributed by atoms with Crippen LogP contribution in [0.5, 0.6) is 0 Å². The summed E-state index contributed by atoms with van der Waals surface area (Å²) in [5.41, 5.74) is 5.97. The van der Waals surface area contributed by atoms with Crippen LogP contribution in [0.1, 0.15) is 22.6 Å². The SMILES string of the molecule is Cc1c(/C=C(/C#N)c2nc3ccc(F)cc3[nH]2)c2ccccc2n1Cc1ccccc1. The quantitative estimate of drug-likeness (QED) is 0.368. The van der Waals surface area contributed by atoms with Gasteiger partial charge in [-0.25, -0.2) is 9.37 Å². The zero-order valence-electron chi connectivity index (χ0n) is 16.9. The Bertz CT molecular complexity index is 1480. The Balaban J connectivity index is 1.65. The van der Waals surface area contributed by atoms with Gasteiger partial charge in [0.25, 0.3) is 0 Å². The van der Waals surface area contributed by atoms with Crippen molar-refractivity contribution >= 4 is 33.6 Å². The number of nitriles is 1. The number of allylic oxidation sites excluding steroid dienone is 1. The lowest BCUT2D eigenvalue weighted by Crippen LogP contribution is -2.01. The molecule has 0 aliphatic rings. The molecule has 1 N–H and O–H groups in total. The van der Waals surface area contributed by atoms with Gasteiger partial charge in [-0.15, -0.1) is 0 Å². The second-order valence-corrected chi connectivity index (χ2v) is 7.50. The maximum atomic E-state index is 13.6. The molecule has 2 heterocycles. The van der Waals surface area contributed by atoms with Gasteiger partial charge >= 0.3 is 0 Å². The molecule has 0 aliphatic carbocycles. The Kier molecular flexibility index (Phi) is 4.61. The molecule has 5 rings (SSSR count). The first-order valence-corrected chi connectivity index (χ1v) is 10.0. The molecule has 0 fully saturated rings. The van der Waals surface area contributed by atoms with Crippen LogP contribution in [0, 0.1) is 24.1 Å². The van der Waals surface area contributed by atoms with E-state index in [-0.39, 0.29) is 5.82 Å². The van der Waals surface area contributed by atoms with E-state index in [1.54, 1.807) is 6.07 Å². The van der Waals surface area contributed by atoms with Crippen molar-refractivity contribution in [2.45, 2.75) is 13.5 Å². The summed E-state index contributed by atoms with van der Waals surface area (Å²) < 4.78 is 15.8. The molecule has 0 amide bonds. The lowest BCUT2D eigenvalue weighted by atomic mass is 10.1. The fourth-order valence-electron chi connectivity index (χ4n) is 4.02. The van der Waals surface area contributed by atoms with Crippen molar-refractivity contribution in [2.24, 2.45) is 0 Å². The molecule has 0 atom stereocenters. The van der Waals surface area contributed by atoms with Gasteiger partial charge < -0.3 is 9.55 Å². The van der Waals surface area contributed by atoms with E-state index in [0.717, 1.165) is 28.7 Å². The van der Waals surface area contributed by atoms with E-state index in [1.165, 1.54) is 17.7 Å². The van der Waals surface area contributed by atoms with Crippen molar-refractivity contribution < 1.29 is 4.39 Å². The lowest BCUT2D eigenvalue weighted by Gasteiger charge is -2.08. The van der Waals surface area contributed by atoms with Gasteiger partial charge in [-0.3, -0.25) is 0 Å². The first kappa shape index (κ1) is 18.8. The van der Waals surface area contributed by atoms with E-state index >= 15 is 0 Å². The Labute approximate surface area is 178 Å². The van der Waals surface area contributed by atoms with Gasteiger partial charge in [0.05, 0.1) is 16.6 Å². The normalized spacial score (nSPS) is 11.8.